The minimum absolute atomic E-state index is 0.142. The maximum absolute atomic E-state index is 11.7. The van der Waals surface area contributed by atoms with E-state index >= 15 is 0 Å². The number of rotatable bonds is 7. The first-order valence-electron chi connectivity index (χ1n) is 5.73. The number of hydrogen-bond donors (Lipinski definition) is 2. The third-order valence-corrected chi connectivity index (χ3v) is 2.42. The van der Waals surface area contributed by atoms with Crippen molar-refractivity contribution in [3.8, 4) is 0 Å². The zero-order chi connectivity index (χ0) is 13.4. The second kappa shape index (κ2) is 7.50. The van der Waals surface area contributed by atoms with Crippen LogP contribution in [-0.4, -0.2) is 31.6 Å². The van der Waals surface area contributed by atoms with Gasteiger partial charge in [0.2, 0.25) is 5.91 Å². The molecule has 0 saturated carbocycles. The third kappa shape index (κ3) is 5.01. The molecule has 6 heteroatoms. The highest BCUT2D eigenvalue weighted by Gasteiger charge is 2.12. The van der Waals surface area contributed by atoms with Crippen LogP contribution in [0.1, 0.15) is 19.1 Å². The summed E-state index contributed by atoms with van der Waals surface area (Å²) in [5.41, 5.74) is 0. The molecule has 0 aliphatic heterocycles. The number of amides is 1. The Morgan fingerprint density at radius 2 is 2.28 bits per heavy atom. The lowest BCUT2D eigenvalue weighted by Gasteiger charge is -2.12. The van der Waals surface area contributed by atoms with Crippen molar-refractivity contribution in [1.82, 2.24) is 10.6 Å². The molecule has 100 valence electrons. The normalized spacial score (nSPS) is 11.9. The Balaban J connectivity index is 2.18. The molecule has 0 aliphatic carbocycles. The average molecular weight is 254 g/mol. The van der Waals surface area contributed by atoms with Gasteiger partial charge in [0.05, 0.1) is 32.4 Å². The number of carbonyl (C=O) groups is 2. The first-order chi connectivity index (χ1) is 8.63. The fraction of sp³-hybridized carbons (Fsp3) is 0.500. The summed E-state index contributed by atoms with van der Waals surface area (Å²) in [7, 11) is 1.34. The zero-order valence-corrected chi connectivity index (χ0v) is 10.6. The minimum atomic E-state index is -0.371. The van der Waals surface area contributed by atoms with Crippen molar-refractivity contribution in [1.29, 1.82) is 0 Å². The Morgan fingerprint density at radius 3 is 2.89 bits per heavy atom. The van der Waals surface area contributed by atoms with E-state index in [4.69, 9.17) is 4.42 Å². The van der Waals surface area contributed by atoms with Crippen LogP contribution in [0.2, 0.25) is 0 Å². The highest BCUT2D eigenvalue weighted by Crippen LogP contribution is 1.98. The number of furan rings is 1. The van der Waals surface area contributed by atoms with E-state index in [1.165, 1.54) is 7.11 Å². The summed E-state index contributed by atoms with van der Waals surface area (Å²) in [6, 6.07) is 3.18. The molecular formula is C12H18N2O4. The van der Waals surface area contributed by atoms with Crippen LogP contribution in [0.4, 0.5) is 0 Å². The van der Waals surface area contributed by atoms with Crippen molar-refractivity contribution in [2.45, 2.75) is 25.9 Å². The van der Waals surface area contributed by atoms with Gasteiger partial charge in [-0.3, -0.25) is 9.59 Å². The van der Waals surface area contributed by atoms with Crippen molar-refractivity contribution >= 4 is 11.9 Å². The second-order valence-electron chi connectivity index (χ2n) is 3.80. The van der Waals surface area contributed by atoms with Gasteiger partial charge in [0.1, 0.15) is 5.76 Å². The van der Waals surface area contributed by atoms with Gasteiger partial charge in [0.15, 0.2) is 0 Å². The Kier molecular flexibility index (Phi) is 5.93. The predicted octanol–water partition coefficient (Wildman–Crippen LogP) is 0.437. The van der Waals surface area contributed by atoms with Crippen molar-refractivity contribution in [2.24, 2.45) is 0 Å². The summed E-state index contributed by atoms with van der Waals surface area (Å²) in [4.78, 5) is 22.5. The van der Waals surface area contributed by atoms with Gasteiger partial charge < -0.3 is 19.8 Å². The molecule has 0 spiro atoms. The number of esters is 1. The van der Waals surface area contributed by atoms with E-state index < -0.39 is 0 Å². The molecule has 0 fully saturated rings. The van der Waals surface area contributed by atoms with Gasteiger partial charge in [-0.25, -0.2) is 0 Å². The lowest BCUT2D eigenvalue weighted by atomic mass is 10.3. The molecule has 0 bridgehead atoms. The van der Waals surface area contributed by atoms with Crippen LogP contribution >= 0.6 is 0 Å². The van der Waals surface area contributed by atoms with Gasteiger partial charge in [-0.15, -0.1) is 0 Å². The number of nitrogens with one attached hydrogen (secondary N) is 2. The van der Waals surface area contributed by atoms with Crippen molar-refractivity contribution in [3.63, 3.8) is 0 Å². The molecule has 0 aliphatic rings. The van der Waals surface area contributed by atoms with E-state index in [9.17, 15) is 9.59 Å². The van der Waals surface area contributed by atoms with Gasteiger partial charge in [0, 0.05) is 6.54 Å². The Hall–Kier alpha value is -1.82. The standard InChI is InChI=1S/C12H18N2O4/c1-9(13-6-5-11(15)17-2)12(16)14-8-10-4-3-7-18-10/h3-4,7,9,13H,5-6,8H2,1-2H3,(H,14,16). The summed E-state index contributed by atoms with van der Waals surface area (Å²) >= 11 is 0. The highest BCUT2D eigenvalue weighted by molar-refractivity contribution is 5.81. The lowest BCUT2D eigenvalue weighted by molar-refractivity contribution is -0.140. The molecule has 1 aromatic heterocycles. The Bertz CT molecular complexity index is 375. The molecule has 18 heavy (non-hydrogen) atoms. The van der Waals surface area contributed by atoms with Gasteiger partial charge >= 0.3 is 5.97 Å². The van der Waals surface area contributed by atoms with E-state index in [1.54, 1.807) is 25.3 Å². The van der Waals surface area contributed by atoms with Crippen LogP contribution in [0.15, 0.2) is 22.8 Å². The highest BCUT2D eigenvalue weighted by atomic mass is 16.5. The van der Waals surface area contributed by atoms with E-state index in [0.29, 0.717) is 18.8 Å². The molecule has 2 N–H and O–H groups in total. The SMILES string of the molecule is COC(=O)CCNC(C)C(=O)NCc1ccco1. The van der Waals surface area contributed by atoms with Crippen molar-refractivity contribution in [3.05, 3.63) is 24.2 Å². The maximum atomic E-state index is 11.7. The van der Waals surface area contributed by atoms with Crippen LogP contribution in [0.3, 0.4) is 0 Å². The summed E-state index contributed by atoms with van der Waals surface area (Å²) in [5.74, 6) is 0.257. The minimum Gasteiger partial charge on any atom is -0.469 e. The molecule has 1 amide bonds. The molecule has 1 aromatic rings. The summed E-state index contributed by atoms with van der Waals surface area (Å²) in [5, 5.41) is 5.66. The maximum Gasteiger partial charge on any atom is 0.306 e. The topological polar surface area (TPSA) is 80.6 Å². The molecule has 6 nitrogen and oxygen atoms in total. The number of ether oxygens (including phenoxy) is 1. The predicted molar refractivity (Wildman–Crippen MR) is 64.7 cm³/mol. The second-order valence-corrected chi connectivity index (χ2v) is 3.80. The van der Waals surface area contributed by atoms with E-state index in [1.807, 2.05) is 0 Å². The quantitative estimate of drug-likeness (QED) is 0.690. The van der Waals surface area contributed by atoms with E-state index in [0.717, 1.165) is 0 Å². The summed E-state index contributed by atoms with van der Waals surface area (Å²) < 4.78 is 9.59. The molecule has 1 unspecified atom stereocenters. The van der Waals surface area contributed by atoms with Crippen molar-refractivity contribution in [2.75, 3.05) is 13.7 Å². The van der Waals surface area contributed by atoms with Gasteiger partial charge in [-0.05, 0) is 19.1 Å². The van der Waals surface area contributed by atoms with E-state index in [2.05, 4.69) is 15.4 Å². The van der Waals surface area contributed by atoms with Crippen LogP contribution < -0.4 is 10.6 Å². The van der Waals surface area contributed by atoms with Gasteiger partial charge in [0.25, 0.3) is 0 Å². The molecule has 1 atom stereocenters. The van der Waals surface area contributed by atoms with E-state index in [-0.39, 0.29) is 24.3 Å². The smallest absolute Gasteiger partial charge is 0.306 e. The Morgan fingerprint density at radius 1 is 1.50 bits per heavy atom. The summed E-state index contributed by atoms with van der Waals surface area (Å²) in [6.07, 6.45) is 1.80. The largest absolute Gasteiger partial charge is 0.469 e. The monoisotopic (exact) mass is 254 g/mol. The van der Waals surface area contributed by atoms with Crippen LogP contribution in [0, 0.1) is 0 Å². The first kappa shape index (κ1) is 14.2. The average Bonchev–Trinajstić information content (AvgIpc) is 2.88. The molecular weight excluding hydrogens is 236 g/mol. The lowest BCUT2D eigenvalue weighted by Crippen LogP contribution is -2.42. The fourth-order valence-electron chi connectivity index (χ4n) is 1.33. The molecule has 0 saturated heterocycles. The zero-order valence-electron chi connectivity index (χ0n) is 10.6. The number of methoxy groups -OCH3 is 1. The summed E-state index contributed by atoms with van der Waals surface area (Å²) in [6.45, 7) is 2.49. The number of hydrogen-bond acceptors (Lipinski definition) is 5. The fourth-order valence-corrected chi connectivity index (χ4v) is 1.33. The van der Waals surface area contributed by atoms with Crippen LogP contribution in [0.25, 0.3) is 0 Å². The molecule has 0 aromatic carbocycles. The first-order valence-corrected chi connectivity index (χ1v) is 5.73. The van der Waals surface area contributed by atoms with Crippen LogP contribution in [-0.2, 0) is 20.9 Å². The molecule has 1 rings (SSSR count). The van der Waals surface area contributed by atoms with Gasteiger partial charge in [-0.2, -0.15) is 0 Å². The van der Waals surface area contributed by atoms with Crippen LogP contribution in [0.5, 0.6) is 0 Å². The Labute approximate surface area is 106 Å². The number of carbonyl (C=O) groups excluding carboxylic acids is 2. The van der Waals surface area contributed by atoms with Crippen molar-refractivity contribution < 1.29 is 18.7 Å². The molecule has 1 heterocycles. The third-order valence-electron chi connectivity index (χ3n) is 2.42. The molecule has 0 radical (unpaired) electrons. The van der Waals surface area contributed by atoms with Gasteiger partial charge in [-0.1, -0.05) is 0 Å².